The molecular weight excluding hydrogens is 296 g/mol. The third-order valence-corrected chi connectivity index (χ3v) is 5.83. The molecule has 120 valence electrons. The van der Waals surface area contributed by atoms with Crippen molar-refractivity contribution in [1.29, 1.82) is 0 Å². The highest BCUT2D eigenvalue weighted by Crippen LogP contribution is 2.14. The van der Waals surface area contributed by atoms with Gasteiger partial charge >= 0.3 is 8.80 Å². The lowest BCUT2D eigenvalue weighted by molar-refractivity contribution is 0.123. The summed E-state index contributed by atoms with van der Waals surface area (Å²) in [6, 6.07) is 0.814. The minimum atomic E-state index is -2.40. The van der Waals surface area contributed by atoms with Gasteiger partial charge in [-0.25, -0.2) is 0 Å². The lowest BCUT2D eigenvalue weighted by Gasteiger charge is -2.24. The second-order valence-corrected chi connectivity index (χ2v) is 7.72. The third kappa shape index (κ3) is 9.59. The summed E-state index contributed by atoms with van der Waals surface area (Å²) in [5.74, 6) is 0. The number of hydrogen-bond acceptors (Lipinski definition) is 6. The van der Waals surface area contributed by atoms with Crippen LogP contribution in [0.4, 0.5) is 0 Å². The summed E-state index contributed by atoms with van der Waals surface area (Å²) in [6.07, 6.45) is 0.963. The first-order valence-electron chi connectivity index (χ1n) is 6.70. The molecule has 0 unspecified atom stereocenters. The molecule has 0 aliphatic carbocycles. The minimum Gasteiger partial charge on any atom is -0.377 e. The highest BCUT2D eigenvalue weighted by molar-refractivity contribution is 7.80. The van der Waals surface area contributed by atoms with Crippen LogP contribution in [0.1, 0.15) is 6.42 Å². The molecule has 0 aromatic carbocycles. The molecule has 5 N–H and O–H groups in total. The van der Waals surface area contributed by atoms with Crippen LogP contribution in [0.15, 0.2) is 0 Å². The van der Waals surface area contributed by atoms with Crippen molar-refractivity contribution >= 4 is 26.1 Å². The van der Waals surface area contributed by atoms with Gasteiger partial charge in [-0.3, -0.25) is 0 Å². The van der Waals surface area contributed by atoms with Gasteiger partial charge in [0.15, 0.2) is 5.11 Å². The van der Waals surface area contributed by atoms with Crippen molar-refractivity contribution in [1.82, 2.24) is 16.0 Å². The molecule has 0 amide bonds. The van der Waals surface area contributed by atoms with Crippen LogP contribution >= 0.6 is 12.2 Å². The number of nitrogens with two attached hydrogens (primary N) is 1. The Hall–Kier alpha value is -0.293. The van der Waals surface area contributed by atoms with Gasteiger partial charge in [-0.2, -0.15) is 0 Å². The van der Waals surface area contributed by atoms with Crippen LogP contribution < -0.4 is 21.7 Å². The third-order valence-electron chi connectivity index (χ3n) is 2.85. The molecule has 0 saturated carbocycles. The van der Waals surface area contributed by atoms with Gasteiger partial charge < -0.3 is 35.0 Å². The standard InChI is InChI=1S/C11H28N4O3SSi/c1-16-20(17-2,18-3)10-4-5-13-6-7-14-8-9-15-11(12)19/h13-14H,4-10H2,1-3H3,(H3,12,15,19). The maximum absolute atomic E-state index is 5.35. The van der Waals surface area contributed by atoms with Gasteiger partial charge in [0.1, 0.15) is 0 Å². The summed E-state index contributed by atoms with van der Waals surface area (Å²) in [4.78, 5) is 0. The van der Waals surface area contributed by atoms with E-state index in [1.54, 1.807) is 21.3 Å². The average Bonchev–Trinajstić information content (AvgIpc) is 2.45. The molecule has 0 saturated heterocycles. The number of nitrogens with one attached hydrogen (secondary N) is 3. The molecule has 0 aromatic rings. The molecule has 0 fully saturated rings. The van der Waals surface area contributed by atoms with Crippen LogP contribution in [-0.2, 0) is 13.3 Å². The lowest BCUT2D eigenvalue weighted by Crippen LogP contribution is -2.43. The fourth-order valence-corrected chi connectivity index (χ4v) is 3.51. The summed E-state index contributed by atoms with van der Waals surface area (Å²) in [6.45, 7) is 4.32. The van der Waals surface area contributed by atoms with Crippen molar-refractivity contribution in [3.8, 4) is 0 Å². The Kier molecular flexibility index (Phi) is 12.3. The molecule has 0 rings (SSSR count). The molecule has 7 nitrogen and oxygen atoms in total. The highest BCUT2D eigenvalue weighted by atomic mass is 32.1. The van der Waals surface area contributed by atoms with Gasteiger partial charge in [0.25, 0.3) is 0 Å². The van der Waals surface area contributed by atoms with Crippen molar-refractivity contribution in [2.75, 3.05) is 54.1 Å². The van der Waals surface area contributed by atoms with Crippen LogP contribution in [0.25, 0.3) is 0 Å². The zero-order valence-electron chi connectivity index (χ0n) is 12.7. The Morgan fingerprint density at radius 2 is 1.45 bits per heavy atom. The van der Waals surface area contributed by atoms with E-state index in [1.807, 2.05) is 0 Å². The second-order valence-electron chi connectivity index (χ2n) is 4.19. The van der Waals surface area contributed by atoms with Crippen LogP contribution in [0.3, 0.4) is 0 Å². The molecule has 0 heterocycles. The summed E-state index contributed by atoms with van der Waals surface area (Å²) < 4.78 is 16.1. The van der Waals surface area contributed by atoms with Crippen molar-refractivity contribution < 1.29 is 13.3 Å². The van der Waals surface area contributed by atoms with Gasteiger partial charge in [-0.05, 0) is 25.2 Å². The Bertz CT molecular complexity index is 250. The molecular formula is C11H28N4O3SSi. The van der Waals surface area contributed by atoms with Gasteiger partial charge in [0.05, 0.1) is 0 Å². The van der Waals surface area contributed by atoms with Gasteiger partial charge in [0.2, 0.25) is 0 Å². The molecule has 0 bridgehead atoms. The quantitative estimate of drug-likeness (QED) is 0.200. The zero-order chi connectivity index (χ0) is 15.3. The molecule has 20 heavy (non-hydrogen) atoms. The van der Waals surface area contributed by atoms with E-state index in [2.05, 4.69) is 16.0 Å². The maximum atomic E-state index is 5.35. The molecule has 0 aliphatic rings. The highest BCUT2D eigenvalue weighted by Gasteiger charge is 2.36. The summed E-state index contributed by atoms with van der Waals surface area (Å²) in [5, 5.41) is 9.85. The fourth-order valence-electron chi connectivity index (χ4n) is 1.69. The minimum absolute atomic E-state index is 0.340. The zero-order valence-corrected chi connectivity index (χ0v) is 14.5. The van der Waals surface area contributed by atoms with E-state index in [1.165, 1.54) is 0 Å². The van der Waals surface area contributed by atoms with E-state index in [-0.39, 0.29) is 0 Å². The normalized spacial score (nSPS) is 11.6. The van der Waals surface area contributed by atoms with Gasteiger partial charge in [-0.15, -0.1) is 0 Å². The summed E-state index contributed by atoms with van der Waals surface area (Å²) in [5.41, 5.74) is 5.31. The number of hydrogen-bond donors (Lipinski definition) is 4. The predicted molar refractivity (Wildman–Crippen MR) is 86.7 cm³/mol. The molecule has 0 aliphatic heterocycles. The Morgan fingerprint density at radius 3 is 1.95 bits per heavy atom. The summed E-state index contributed by atoms with van der Waals surface area (Å²) >= 11 is 4.70. The van der Waals surface area contributed by atoms with Crippen molar-refractivity contribution in [2.24, 2.45) is 5.73 Å². The fraction of sp³-hybridized carbons (Fsp3) is 0.909. The predicted octanol–water partition coefficient (Wildman–Crippen LogP) is -0.733. The largest absolute Gasteiger partial charge is 0.500 e. The van der Waals surface area contributed by atoms with E-state index >= 15 is 0 Å². The van der Waals surface area contributed by atoms with Crippen LogP contribution in [0.2, 0.25) is 6.04 Å². The van der Waals surface area contributed by atoms with Crippen LogP contribution in [0.5, 0.6) is 0 Å². The second kappa shape index (κ2) is 12.4. The summed E-state index contributed by atoms with van der Waals surface area (Å²) in [7, 11) is 2.51. The molecule has 0 atom stereocenters. The number of thiocarbonyl (C=S) groups is 1. The smallest absolute Gasteiger partial charge is 0.377 e. The lowest BCUT2D eigenvalue weighted by atomic mass is 10.4. The van der Waals surface area contributed by atoms with Crippen LogP contribution in [0, 0.1) is 0 Å². The Balaban J connectivity index is 3.38. The first-order valence-corrected chi connectivity index (χ1v) is 9.04. The molecule has 9 heteroatoms. The first kappa shape index (κ1) is 19.7. The van der Waals surface area contributed by atoms with E-state index < -0.39 is 8.80 Å². The monoisotopic (exact) mass is 324 g/mol. The maximum Gasteiger partial charge on any atom is 0.500 e. The topological polar surface area (TPSA) is 89.8 Å². The Morgan fingerprint density at radius 1 is 0.950 bits per heavy atom. The van der Waals surface area contributed by atoms with E-state index in [9.17, 15) is 0 Å². The van der Waals surface area contributed by atoms with Crippen molar-refractivity contribution in [2.45, 2.75) is 12.5 Å². The molecule has 0 radical (unpaired) electrons. The first-order chi connectivity index (χ1) is 9.60. The average molecular weight is 325 g/mol. The van der Waals surface area contributed by atoms with Gasteiger partial charge in [-0.1, -0.05) is 0 Å². The molecule has 0 aromatic heterocycles. The van der Waals surface area contributed by atoms with Gasteiger partial charge in [0, 0.05) is 53.6 Å². The SMILES string of the molecule is CO[Si](CCCNCCNCCNC(N)=S)(OC)OC. The molecule has 0 spiro atoms. The van der Waals surface area contributed by atoms with Crippen LogP contribution in [-0.4, -0.2) is 68.0 Å². The van der Waals surface area contributed by atoms with Crippen molar-refractivity contribution in [3.63, 3.8) is 0 Å². The van der Waals surface area contributed by atoms with E-state index in [0.29, 0.717) is 5.11 Å². The van der Waals surface area contributed by atoms with Crippen molar-refractivity contribution in [3.05, 3.63) is 0 Å². The number of rotatable bonds is 13. The Labute approximate surface area is 128 Å². The van der Waals surface area contributed by atoms with E-state index in [4.69, 9.17) is 31.2 Å². The van der Waals surface area contributed by atoms with E-state index in [0.717, 1.165) is 45.2 Å².